The molecule has 6 nitrogen and oxygen atoms in total. The van der Waals surface area contributed by atoms with Gasteiger partial charge < -0.3 is 15.1 Å². The summed E-state index contributed by atoms with van der Waals surface area (Å²) >= 11 is 0. The van der Waals surface area contributed by atoms with Gasteiger partial charge in [0.25, 0.3) is 5.91 Å². The Morgan fingerprint density at radius 3 is 2.48 bits per heavy atom. The highest BCUT2D eigenvalue weighted by Gasteiger charge is 2.14. The summed E-state index contributed by atoms with van der Waals surface area (Å²) in [4.78, 5) is 13.9. The molecule has 1 amide bonds. The molecule has 0 atom stereocenters. The lowest BCUT2D eigenvalue weighted by Crippen LogP contribution is -2.34. The Labute approximate surface area is 123 Å². The molecule has 2 aromatic rings. The highest BCUT2D eigenvalue weighted by atomic mass is 16.3. The molecule has 2 rings (SSSR count). The molecule has 21 heavy (non-hydrogen) atoms. The lowest BCUT2D eigenvalue weighted by molar-refractivity contribution is 0.0710. The van der Waals surface area contributed by atoms with Gasteiger partial charge in [-0.1, -0.05) is 0 Å². The molecule has 0 bridgehead atoms. The first kappa shape index (κ1) is 15.2. The van der Waals surface area contributed by atoms with Gasteiger partial charge >= 0.3 is 0 Å². The molecule has 0 aliphatic rings. The van der Waals surface area contributed by atoms with Gasteiger partial charge in [0.2, 0.25) is 0 Å². The Balaban J connectivity index is 2.10. The van der Waals surface area contributed by atoms with E-state index in [0.29, 0.717) is 18.5 Å². The number of hydrogen-bond donors (Lipinski definition) is 2. The summed E-state index contributed by atoms with van der Waals surface area (Å²) in [5.41, 5.74) is 1.43. The summed E-state index contributed by atoms with van der Waals surface area (Å²) in [6.07, 6.45) is 4.02. The van der Waals surface area contributed by atoms with Crippen LogP contribution in [0.4, 0.5) is 0 Å². The number of aromatic nitrogens is 2. The Kier molecular flexibility index (Phi) is 5.48. The quantitative estimate of drug-likeness (QED) is 0.786. The van der Waals surface area contributed by atoms with Crippen molar-refractivity contribution in [3.05, 3.63) is 48.3 Å². The van der Waals surface area contributed by atoms with Crippen molar-refractivity contribution in [1.82, 2.24) is 14.7 Å². The molecule has 2 N–H and O–H groups in total. The number of aliphatic hydroxyl groups excluding tert-OH is 2. The fourth-order valence-corrected chi connectivity index (χ4v) is 2.06. The maximum absolute atomic E-state index is 12.3. The van der Waals surface area contributed by atoms with Gasteiger partial charge in [0.1, 0.15) is 0 Å². The molecular formula is C15H19N3O3. The van der Waals surface area contributed by atoms with Crippen LogP contribution in [0.1, 0.15) is 16.8 Å². The van der Waals surface area contributed by atoms with E-state index in [-0.39, 0.29) is 25.7 Å². The highest BCUT2D eigenvalue weighted by molar-refractivity contribution is 5.94. The molecule has 0 saturated carbocycles. The number of aliphatic hydroxyl groups is 2. The number of nitrogens with zero attached hydrogens (tertiary/aromatic N) is 3. The monoisotopic (exact) mass is 289 g/mol. The smallest absolute Gasteiger partial charge is 0.253 e. The van der Waals surface area contributed by atoms with Crippen molar-refractivity contribution in [2.45, 2.75) is 6.42 Å². The van der Waals surface area contributed by atoms with Crippen molar-refractivity contribution in [3.8, 4) is 5.69 Å². The molecule has 0 radical (unpaired) electrons. The molecule has 1 aromatic heterocycles. The Morgan fingerprint density at radius 2 is 1.90 bits per heavy atom. The normalized spacial score (nSPS) is 10.6. The summed E-state index contributed by atoms with van der Waals surface area (Å²) in [5.74, 6) is -0.149. The van der Waals surface area contributed by atoms with E-state index in [4.69, 9.17) is 10.2 Å². The zero-order valence-corrected chi connectivity index (χ0v) is 11.7. The first-order valence-corrected chi connectivity index (χ1v) is 6.87. The van der Waals surface area contributed by atoms with Crippen molar-refractivity contribution >= 4 is 5.91 Å². The number of benzene rings is 1. The molecule has 0 unspecified atom stereocenters. The van der Waals surface area contributed by atoms with Crippen LogP contribution >= 0.6 is 0 Å². The largest absolute Gasteiger partial charge is 0.396 e. The molecule has 1 aromatic carbocycles. The van der Waals surface area contributed by atoms with E-state index in [9.17, 15) is 4.79 Å². The molecule has 0 saturated heterocycles. The Hall–Kier alpha value is -2.18. The number of rotatable bonds is 7. The van der Waals surface area contributed by atoms with Crippen molar-refractivity contribution in [1.29, 1.82) is 0 Å². The van der Waals surface area contributed by atoms with E-state index in [1.54, 1.807) is 27.9 Å². The number of carbonyl (C=O) groups is 1. The fourth-order valence-electron chi connectivity index (χ4n) is 2.06. The SMILES string of the molecule is O=C(c1ccc(-n2cccn2)cc1)N(CCO)CCCO. The first-order chi connectivity index (χ1) is 10.3. The molecule has 6 heteroatoms. The van der Waals surface area contributed by atoms with Crippen LogP contribution < -0.4 is 0 Å². The van der Waals surface area contributed by atoms with E-state index in [0.717, 1.165) is 5.69 Å². The van der Waals surface area contributed by atoms with Crippen LogP contribution in [0, 0.1) is 0 Å². The minimum atomic E-state index is -0.149. The second kappa shape index (κ2) is 7.56. The summed E-state index contributed by atoms with van der Waals surface area (Å²) in [6.45, 7) is 0.618. The second-order valence-corrected chi connectivity index (χ2v) is 4.59. The van der Waals surface area contributed by atoms with Crippen molar-refractivity contribution < 1.29 is 15.0 Å². The van der Waals surface area contributed by atoms with Crippen molar-refractivity contribution in [3.63, 3.8) is 0 Å². The minimum absolute atomic E-state index is 0.0213. The minimum Gasteiger partial charge on any atom is -0.396 e. The van der Waals surface area contributed by atoms with Gasteiger partial charge in [0, 0.05) is 37.7 Å². The van der Waals surface area contributed by atoms with Crippen LogP contribution in [-0.4, -0.2) is 57.1 Å². The van der Waals surface area contributed by atoms with Gasteiger partial charge in [-0.05, 0) is 36.8 Å². The third-order valence-corrected chi connectivity index (χ3v) is 3.13. The summed E-state index contributed by atoms with van der Waals surface area (Å²) in [5, 5.41) is 22.0. The third kappa shape index (κ3) is 3.90. The number of carbonyl (C=O) groups excluding carboxylic acids is 1. The summed E-state index contributed by atoms with van der Waals surface area (Å²) < 4.78 is 1.71. The van der Waals surface area contributed by atoms with Crippen molar-refractivity contribution in [2.75, 3.05) is 26.3 Å². The van der Waals surface area contributed by atoms with E-state index in [1.807, 2.05) is 24.4 Å². The van der Waals surface area contributed by atoms with E-state index < -0.39 is 0 Å². The standard InChI is InChI=1S/C15H19N3O3/c19-11-2-8-17(10-12-20)15(21)13-3-5-14(6-4-13)18-9-1-7-16-18/h1,3-7,9,19-20H,2,8,10-12H2. The Bertz CT molecular complexity index is 552. The first-order valence-electron chi connectivity index (χ1n) is 6.87. The summed E-state index contributed by atoms with van der Waals surface area (Å²) in [7, 11) is 0. The fraction of sp³-hybridized carbons (Fsp3) is 0.333. The van der Waals surface area contributed by atoms with Crippen LogP contribution in [0.5, 0.6) is 0 Å². The average Bonchev–Trinajstić information content (AvgIpc) is 3.05. The number of amides is 1. The Morgan fingerprint density at radius 1 is 1.14 bits per heavy atom. The number of hydrogen-bond acceptors (Lipinski definition) is 4. The van der Waals surface area contributed by atoms with Crippen LogP contribution in [-0.2, 0) is 0 Å². The predicted octanol–water partition coefficient (Wildman–Crippen LogP) is 0.689. The second-order valence-electron chi connectivity index (χ2n) is 4.59. The molecular weight excluding hydrogens is 270 g/mol. The molecule has 1 heterocycles. The van der Waals surface area contributed by atoms with Crippen LogP contribution in [0.15, 0.2) is 42.7 Å². The van der Waals surface area contributed by atoms with Crippen LogP contribution in [0.2, 0.25) is 0 Å². The van der Waals surface area contributed by atoms with Gasteiger partial charge in [-0.25, -0.2) is 4.68 Å². The van der Waals surface area contributed by atoms with Gasteiger partial charge in [-0.2, -0.15) is 5.10 Å². The topological polar surface area (TPSA) is 78.6 Å². The highest BCUT2D eigenvalue weighted by Crippen LogP contribution is 2.11. The van der Waals surface area contributed by atoms with E-state index >= 15 is 0 Å². The zero-order chi connectivity index (χ0) is 15.1. The zero-order valence-electron chi connectivity index (χ0n) is 11.7. The predicted molar refractivity (Wildman–Crippen MR) is 78.3 cm³/mol. The molecule has 0 aliphatic heterocycles. The average molecular weight is 289 g/mol. The van der Waals surface area contributed by atoms with Gasteiger partial charge in [-0.3, -0.25) is 4.79 Å². The van der Waals surface area contributed by atoms with E-state index in [2.05, 4.69) is 5.10 Å². The molecule has 0 spiro atoms. The van der Waals surface area contributed by atoms with Crippen molar-refractivity contribution in [2.24, 2.45) is 0 Å². The lowest BCUT2D eigenvalue weighted by Gasteiger charge is -2.21. The van der Waals surface area contributed by atoms with E-state index in [1.165, 1.54) is 0 Å². The van der Waals surface area contributed by atoms with Gasteiger partial charge in [-0.15, -0.1) is 0 Å². The lowest BCUT2D eigenvalue weighted by atomic mass is 10.1. The molecule has 0 fully saturated rings. The van der Waals surface area contributed by atoms with Crippen LogP contribution in [0.3, 0.4) is 0 Å². The van der Waals surface area contributed by atoms with Gasteiger partial charge in [0.15, 0.2) is 0 Å². The van der Waals surface area contributed by atoms with Crippen LogP contribution in [0.25, 0.3) is 5.69 Å². The molecule has 112 valence electrons. The summed E-state index contributed by atoms with van der Waals surface area (Å²) in [6, 6.07) is 8.95. The molecule has 0 aliphatic carbocycles. The third-order valence-electron chi connectivity index (χ3n) is 3.13. The maximum Gasteiger partial charge on any atom is 0.253 e. The van der Waals surface area contributed by atoms with Gasteiger partial charge in [0.05, 0.1) is 12.3 Å². The maximum atomic E-state index is 12.3.